The molecule has 0 spiro atoms. The van der Waals surface area contributed by atoms with E-state index in [2.05, 4.69) is 10.6 Å². The highest BCUT2D eigenvalue weighted by atomic mass is 35.5. The molecule has 17 heavy (non-hydrogen) atoms. The smallest absolute Gasteiger partial charge is 0.323 e. The van der Waals surface area contributed by atoms with Crippen LogP contribution in [-0.4, -0.2) is 11.1 Å². The lowest BCUT2D eigenvalue weighted by Gasteiger charge is -2.06. The Bertz CT molecular complexity index is 456. The quantitative estimate of drug-likeness (QED) is 0.724. The average molecular weight is 253 g/mol. The van der Waals surface area contributed by atoms with Gasteiger partial charge in [0.2, 0.25) is 0 Å². The lowest BCUT2D eigenvalue weighted by Crippen LogP contribution is -2.23. The number of rotatable bonds is 3. The van der Waals surface area contributed by atoms with Crippen molar-refractivity contribution in [2.24, 2.45) is 5.92 Å². The van der Waals surface area contributed by atoms with Crippen LogP contribution in [0.1, 0.15) is 12.8 Å². The average Bonchev–Trinajstić information content (AvgIpc) is 3.07. The van der Waals surface area contributed by atoms with Crippen LogP contribution in [0.15, 0.2) is 30.5 Å². The molecule has 1 aromatic rings. The van der Waals surface area contributed by atoms with Gasteiger partial charge in [0, 0.05) is 11.2 Å². The molecule has 2 rings (SSSR count). The van der Waals surface area contributed by atoms with Crippen LogP contribution in [-0.2, 0) is 0 Å². The maximum absolute atomic E-state index is 11.5. The number of benzene rings is 1. The summed E-state index contributed by atoms with van der Waals surface area (Å²) in [6.45, 7) is 0. The molecular weight excluding hydrogens is 240 g/mol. The van der Waals surface area contributed by atoms with E-state index in [0.29, 0.717) is 10.9 Å². The number of phenols is 1. The van der Waals surface area contributed by atoms with E-state index >= 15 is 0 Å². The molecule has 4 nitrogen and oxygen atoms in total. The highest BCUT2D eigenvalue weighted by Crippen LogP contribution is 2.29. The monoisotopic (exact) mass is 252 g/mol. The zero-order valence-electron chi connectivity index (χ0n) is 9.11. The lowest BCUT2D eigenvalue weighted by molar-refractivity contribution is 0.255. The van der Waals surface area contributed by atoms with Crippen LogP contribution in [0.5, 0.6) is 5.75 Å². The molecule has 1 aliphatic rings. The Labute approximate surface area is 104 Å². The van der Waals surface area contributed by atoms with Crippen LogP contribution < -0.4 is 10.6 Å². The Morgan fingerprint density at radius 1 is 1.47 bits per heavy atom. The van der Waals surface area contributed by atoms with Crippen molar-refractivity contribution in [2.75, 3.05) is 5.32 Å². The van der Waals surface area contributed by atoms with Gasteiger partial charge in [0.1, 0.15) is 5.75 Å². The second kappa shape index (κ2) is 5.10. The van der Waals surface area contributed by atoms with Crippen molar-refractivity contribution in [1.29, 1.82) is 0 Å². The molecule has 1 aromatic carbocycles. The van der Waals surface area contributed by atoms with Crippen LogP contribution in [0.25, 0.3) is 0 Å². The number of anilines is 1. The number of aromatic hydroxyl groups is 1. The van der Waals surface area contributed by atoms with Crippen molar-refractivity contribution < 1.29 is 9.90 Å². The first-order chi connectivity index (χ1) is 8.15. The molecule has 0 aliphatic heterocycles. The number of carbonyl (C=O) groups is 1. The maximum atomic E-state index is 11.5. The van der Waals surface area contributed by atoms with Crippen LogP contribution in [0, 0.1) is 5.92 Å². The predicted octanol–water partition coefficient (Wildman–Crippen LogP) is 3.09. The van der Waals surface area contributed by atoms with Crippen molar-refractivity contribution in [3.8, 4) is 5.75 Å². The fourth-order valence-electron chi connectivity index (χ4n) is 1.32. The fraction of sp³-hybridized carbons (Fsp3) is 0.250. The summed E-state index contributed by atoms with van der Waals surface area (Å²) >= 11 is 5.76. The number of hydrogen-bond donors (Lipinski definition) is 3. The normalized spacial score (nSPS) is 14.9. The number of urea groups is 1. The van der Waals surface area contributed by atoms with Gasteiger partial charge < -0.3 is 15.7 Å². The summed E-state index contributed by atoms with van der Waals surface area (Å²) in [6.07, 6.45) is 5.95. The Hall–Kier alpha value is -1.68. The van der Waals surface area contributed by atoms with Gasteiger partial charge in [-0.15, -0.1) is 0 Å². The molecule has 1 fully saturated rings. The van der Waals surface area contributed by atoms with E-state index in [0.717, 1.165) is 0 Å². The van der Waals surface area contributed by atoms with Gasteiger partial charge in [-0.1, -0.05) is 17.7 Å². The molecule has 0 radical (unpaired) electrons. The van der Waals surface area contributed by atoms with E-state index in [9.17, 15) is 9.90 Å². The minimum Gasteiger partial charge on any atom is -0.506 e. The number of hydrogen-bond acceptors (Lipinski definition) is 2. The minimum atomic E-state index is -0.403. The third-order valence-electron chi connectivity index (χ3n) is 2.41. The van der Waals surface area contributed by atoms with E-state index in [1.807, 2.05) is 6.08 Å². The van der Waals surface area contributed by atoms with Crippen molar-refractivity contribution >= 4 is 23.3 Å². The van der Waals surface area contributed by atoms with E-state index in [-0.39, 0.29) is 11.4 Å². The van der Waals surface area contributed by atoms with Gasteiger partial charge in [-0.3, -0.25) is 0 Å². The molecule has 1 aliphatic carbocycles. The fourth-order valence-corrected chi connectivity index (χ4v) is 1.49. The third-order valence-corrected chi connectivity index (χ3v) is 2.65. The molecule has 2 amide bonds. The van der Waals surface area contributed by atoms with Gasteiger partial charge in [0.05, 0.1) is 5.69 Å². The van der Waals surface area contributed by atoms with Crippen molar-refractivity contribution in [3.05, 3.63) is 35.5 Å². The Kier molecular flexibility index (Phi) is 3.54. The second-order valence-electron chi connectivity index (χ2n) is 3.96. The van der Waals surface area contributed by atoms with Crippen LogP contribution >= 0.6 is 11.6 Å². The summed E-state index contributed by atoms with van der Waals surface area (Å²) in [4.78, 5) is 11.5. The first kappa shape index (κ1) is 11.8. The van der Waals surface area contributed by atoms with Gasteiger partial charge in [0.25, 0.3) is 0 Å². The Balaban J connectivity index is 1.90. The van der Waals surface area contributed by atoms with Gasteiger partial charge in [0.15, 0.2) is 0 Å². The molecule has 3 N–H and O–H groups in total. The molecule has 0 aromatic heterocycles. The van der Waals surface area contributed by atoms with Crippen molar-refractivity contribution in [1.82, 2.24) is 5.32 Å². The summed E-state index contributed by atoms with van der Waals surface area (Å²) in [6, 6.07) is 4.06. The summed E-state index contributed by atoms with van der Waals surface area (Å²) in [5, 5.41) is 15.0. The predicted molar refractivity (Wildman–Crippen MR) is 67.1 cm³/mol. The molecule has 0 saturated heterocycles. The molecule has 0 unspecified atom stereocenters. The summed E-state index contributed by atoms with van der Waals surface area (Å²) in [5.41, 5.74) is 0.287. The van der Waals surface area contributed by atoms with Crippen LogP contribution in [0.3, 0.4) is 0 Å². The first-order valence-corrected chi connectivity index (χ1v) is 5.75. The van der Waals surface area contributed by atoms with Crippen molar-refractivity contribution in [3.63, 3.8) is 0 Å². The topological polar surface area (TPSA) is 61.4 Å². The van der Waals surface area contributed by atoms with E-state index < -0.39 is 6.03 Å². The molecule has 1 saturated carbocycles. The second-order valence-corrected chi connectivity index (χ2v) is 4.39. The number of halogens is 1. The van der Waals surface area contributed by atoms with Crippen LogP contribution in [0.4, 0.5) is 10.5 Å². The van der Waals surface area contributed by atoms with E-state index in [4.69, 9.17) is 11.6 Å². The molecule has 5 heteroatoms. The van der Waals surface area contributed by atoms with Crippen LogP contribution in [0.2, 0.25) is 5.02 Å². The van der Waals surface area contributed by atoms with Crippen molar-refractivity contribution in [2.45, 2.75) is 12.8 Å². The maximum Gasteiger partial charge on any atom is 0.323 e. The number of carbonyl (C=O) groups excluding carboxylic acids is 1. The highest BCUT2D eigenvalue weighted by molar-refractivity contribution is 6.31. The SMILES string of the molecule is O=C(N/C=C/C1CC1)Nc1cc(Cl)ccc1O. The molecule has 0 bridgehead atoms. The van der Waals surface area contributed by atoms with E-state index in [1.54, 1.807) is 12.3 Å². The zero-order chi connectivity index (χ0) is 12.3. The van der Waals surface area contributed by atoms with Gasteiger partial charge in [-0.25, -0.2) is 4.79 Å². The third kappa shape index (κ3) is 3.67. The van der Waals surface area contributed by atoms with E-state index in [1.165, 1.54) is 25.0 Å². The molecular formula is C12H13ClN2O2. The molecule has 0 atom stereocenters. The summed E-state index contributed by atoms with van der Waals surface area (Å²) in [5.74, 6) is 0.589. The first-order valence-electron chi connectivity index (χ1n) is 5.38. The number of amides is 2. The Morgan fingerprint density at radius 3 is 2.94 bits per heavy atom. The standard InChI is InChI=1S/C12H13ClN2O2/c13-9-3-4-11(16)10(7-9)15-12(17)14-6-5-8-1-2-8/h3-8,16H,1-2H2,(H2,14,15,17)/b6-5+. The highest BCUT2D eigenvalue weighted by Gasteiger charge is 2.17. The molecule has 90 valence electrons. The zero-order valence-corrected chi connectivity index (χ0v) is 9.87. The largest absolute Gasteiger partial charge is 0.506 e. The van der Waals surface area contributed by atoms with Gasteiger partial charge >= 0.3 is 6.03 Å². The Morgan fingerprint density at radius 2 is 2.24 bits per heavy atom. The van der Waals surface area contributed by atoms with Gasteiger partial charge in [-0.2, -0.15) is 0 Å². The summed E-state index contributed by atoms with van der Waals surface area (Å²) in [7, 11) is 0. The molecule has 0 heterocycles. The number of phenolic OH excluding ortho intramolecular Hbond substituents is 1. The van der Waals surface area contributed by atoms with Gasteiger partial charge in [-0.05, 0) is 37.0 Å². The summed E-state index contributed by atoms with van der Waals surface area (Å²) < 4.78 is 0. The number of allylic oxidation sites excluding steroid dienone is 1. The minimum absolute atomic E-state index is 0.0178. The number of nitrogens with one attached hydrogen (secondary N) is 2. The lowest BCUT2D eigenvalue weighted by atomic mass is 10.3.